The van der Waals surface area contributed by atoms with Gasteiger partial charge in [0, 0.05) is 13.2 Å². The smallest absolute Gasteiger partial charge is 0.295 e. The minimum absolute atomic E-state index is 0.0206. The van der Waals surface area contributed by atoms with Gasteiger partial charge in [0.05, 0.1) is 30.4 Å². The second kappa shape index (κ2) is 9.96. The molecule has 3 rings (SSSR count). The van der Waals surface area contributed by atoms with Crippen molar-refractivity contribution < 1.29 is 28.6 Å². The minimum atomic E-state index is -0.813. The van der Waals surface area contributed by atoms with E-state index in [0.29, 0.717) is 18.6 Å². The quantitative estimate of drug-likeness (QED) is 0.285. The first kappa shape index (κ1) is 23.5. The van der Waals surface area contributed by atoms with Gasteiger partial charge in [-0.2, -0.15) is 0 Å². The largest absolute Gasteiger partial charge is 0.507 e. The lowest BCUT2D eigenvalue weighted by molar-refractivity contribution is -0.140. The zero-order valence-electron chi connectivity index (χ0n) is 18.7. The summed E-state index contributed by atoms with van der Waals surface area (Å²) in [5, 5.41) is 11.1. The number of hydrogen-bond donors (Lipinski definition) is 1. The molecule has 1 aliphatic heterocycles. The molecule has 1 fully saturated rings. The number of Topliss-reactive ketones (excluding diaryl/α,β-unsaturated/α-hetero) is 1. The van der Waals surface area contributed by atoms with E-state index in [-0.39, 0.29) is 29.5 Å². The summed E-state index contributed by atoms with van der Waals surface area (Å²) in [6.07, 6.45) is 0.578. The van der Waals surface area contributed by atoms with E-state index in [4.69, 9.17) is 9.47 Å². The van der Waals surface area contributed by atoms with E-state index >= 15 is 0 Å². The van der Waals surface area contributed by atoms with Crippen LogP contribution in [-0.2, 0) is 14.3 Å². The maximum Gasteiger partial charge on any atom is 0.295 e. The van der Waals surface area contributed by atoms with Crippen LogP contribution in [0.3, 0.4) is 0 Å². The Kier molecular flexibility index (Phi) is 7.30. The fraction of sp³-hybridized carbons (Fsp3) is 0.360. The second-order valence-electron chi connectivity index (χ2n) is 7.97. The molecule has 1 atom stereocenters. The van der Waals surface area contributed by atoms with Crippen LogP contribution in [0.1, 0.15) is 43.0 Å². The van der Waals surface area contributed by atoms with Crippen LogP contribution in [0.4, 0.5) is 4.39 Å². The molecule has 0 radical (unpaired) electrons. The van der Waals surface area contributed by atoms with Gasteiger partial charge in [0.2, 0.25) is 0 Å². The van der Waals surface area contributed by atoms with E-state index in [1.807, 2.05) is 45.0 Å². The number of ketones is 1. The van der Waals surface area contributed by atoms with Gasteiger partial charge in [0.25, 0.3) is 11.7 Å². The monoisotopic (exact) mass is 441 g/mol. The predicted octanol–water partition coefficient (Wildman–Crippen LogP) is 4.38. The number of hydrogen-bond acceptors (Lipinski definition) is 5. The normalized spacial score (nSPS) is 17.9. The van der Waals surface area contributed by atoms with Crippen molar-refractivity contribution in [2.75, 3.05) is 20.3 Å². The zero-order valence-corrected chi connectivity index (χ0v) is 18.7. The van der Waals surface area contributed by atoms with Gasteiger partial charge in [0.1, 0.15) is 17.3 Å². The number of aryl methyl sites for hydroxylation is 1. The average Bonchev–Trinajstić information content (AvgIpc) is 3.01. The summed E-state index contributed by atoms with van der Waals surface area (Å²) < 4.78 is 24.8. The second-order valence-corrected chi connectivity index (χ2v) is 7.97. The molecule has 1 N–H and O–H groups in total. The summed E-state index contributed by atoms with van der Waals surface area (Å²) in [5.41, 5.74) is 1.51. The molecule has 2 aromatic rings. The number of aliphatic hydroxyl groups excluding tert-OH is 1. The summed E-state index contributed by atoms with van der Waals surface area (Å²) in [7, 11) is 1.39. The number of ether oxygens (including phenoxy) is 2. The fourth-order valence-electron chi connectivity index (χ4n) is 3.89. The van der Waals surface area contributed by atoms with Crippen molar-refractivity contribution >= 4 is 17.4 Å². The van der Waals surface area contributed by atoms with Gasteiger partial charge >= 0.3 is 0 Å². The fourth-order valence-corrected chi connectivity index (χ4v) is 3.89. The molecule has 0 spiro atoms. The lowest BCUT2D eigenvalue weighted by Crippen LogP contribution is -2.31. The molecule has 170 valence electrons. The van der Waals surface area contributed by atoms with Crippen LogP contribution in [0.25, 0.3) is 5.76 Å². The molecule has 1 aliphatic rings. The van der Waals surface area contributed by atoms with E-state index in [0.717, 1.165) is 11.6 Å². The molecule has 1 saturated heterocycles. The molecule has 0 aliphatic carbocycles. The molecule has 1 amide bonds. The first-order valence-corrected chi connectivity index (χ1v) is 10.6. The van der Waals surface area contributed by atoms with E-state index in [1.54, 1.807) is 0 Å². The molecule has 1 heterocycles. The average molecular weight is 441 g/mol. The van der Waals surface area contributed by atoms with Crippen molar-refractivity contribution in [3.05, 3.63) is 70.5 Å². The zero-order chi connectivity index (χ0) is 23.4. The third-order valence-electron chi connectivity index (χ3n) is 5.43. The summed E-state index contributed by atoms with van der Waals surface area (Å²) in [6, 6.07) is 10.2. The van der Waals surface area contributed by atoms with Crippen molar-refractivity contribution in [1.29, 1.82) is 0 Å². The van der Waals surface area contributed by atoms with Gasteiger partial charge in [-0.1, -0.05) is 24.3 Å². The SMILES string of the molecule is COc1ccc(F)cc1/C(O)=C1\C(=O)C(=O)N(CCCOC(C)C)C1c1ccccc1C. The number of carbonyl (C=O) groups is 2. The number of carbonyl (C=O) groups excluding carboxylic acids is 2. The Labute approximate surface area is 187 Å². The molecule has 1 unspecified atom stereocenters. The van der Waals surface area contributed by atoms with E-state index in [9.17, 15) is 19.1 Å². The number of rotatable bonds is 8. The maximum atomic E-state index is 14.0. The summed E-state index contributed by atoms with van der Waals surface area (Å²) in [6.45, 7) is 6.42. The van der Waals surface area contributed by atoms with Crippen molar-refractivity contribution in [1.82, 2.24) is 4.90 Å². The molecular weight excluding hydrogens is 413 g/mol. The standard InChI is InChI=1S/C25H28FNO5/c1-15(2)32-13-7-12-27-22(18-9-6-5-8-16(18)3)21(24(29)25(27)30)23(28)19-14-17(26)10-11-20(19)31-4/h5-6,8-11,14-15,22,28H,7,12-13H2,1-4H3/b23-21+. The predicted molar refractivity (Wildman–Crippen MR) is 119 cm³/mol. The highest BCUT2D eigenvalue weighted by atomic mass is 19.1. The third-order valence-corrected chi connectivity index (χ3v) is 5.43. The molecule has 0 saturated carbocycles. The van der Waals surface area contributed by atoms with Crippen LogP contribution in [-0.4, -0.2) is 48.1 Å². The number of aliphatic hydroxyl groups is 1. The highest BCUT2D eigenvalue weighted by molar-refractivity contribution is 6.46. The van der Waals surface area contributed by atoms with Gasteiger partial charge in [-0.15, -0.1) is 0 Å². The molecule has 0 aromatic heterocycles. The Hall–Kier alpha value is -3.19. The number of halogens is 1. The van der Waals surface area contributed by atoms with E-state index in [1.165, 1.54) is 24.1 Å². The Balaban J connectivity index is 2.12. The van der Waals surface area contributed by atoms with Gasteiger partial charge in [-0.25, -0.2) is 4.39 Å². The van der Waals surface area contributed by atoms with E-state index in [2.05, 4.69) is 0 Å². The van der Waals surface area contributed by atoms with Crippen molar-refractivity contribution in [3.8, 4) is 5.75 Å². The van der Waals surface area contributed by atoms with Crippen molar-refractivity contribution in [2.45, 2.75) is 39.3 Å². The van der Waals surface area contributed by atoms with Crippen LogP contribution < -0.4 is 4.74 Å². The van der Waals surface area contributed by atoms with Gasteiger partial charge in [0.15, 0.2) is 0 Å². The molecular formula is C25H28FNO5. The Bertz CT molecular complexity index is 1050. The summed E-state index contributed by atoms with van der Waals surface area (Å²) in [4.78, 5) is 27.5. The molecule has 2 aromatic carbocycles. The van der Waals surface area contributed by atoms with Gasteiger partial charge in [-0.05, 0) is 56.5 Å². The Morgan fingerprint density at radius 1 is 1.19 bits per heavy atom. The Morgan fingerprint density at radius 2 is 1.91 bits per heavy atom. The molecule has 7 heteroatoms. The number of likely N-dealkylation sites (tertiary alicyclic amines) is 1. The topological polar surface area (TPSA) is 76.1 Å². The minimum Gasteiger partial charge on any atom is -0.507 e. The molecule has 32 heavy (non-hydrogen) atoms. The van der Waals surface area contributed by atoms with Crippen LogP contribution >= 0.6 is 0 Å². The third kappa shape index (κ3) is 4.67. The number of methoxy groups -OCH3 is 1. The lowest BCUT2D eigenvalue weighted by atomic mass is 9.92. The maximum absolute atomic E-state index is 14.0. The van der Waals surface area contributed by atoms with Gasteiger partial charge in [-0.3, -0.25) is 9.59 Å². The molecule has 6 nitrogen and oxygen atoms in total. The number of nitrogens with zero attached hydrogens (tertiary/aromatic N) is 1. The van der Waals surface area contributed by atoms with E-state index < -0.39 is 29.3 Å². The highest BCUT2D eigenvalue weighted by Crippen LogP contribution is 2.42. The van der Waals surface area contributed by atoms with Gasteiger partial charge < -0.3 is 19.5 Å². The first-order valence-electron chi connectivity index (χ1n) is 10.6. The first-order chi connectivity index (χ1) is 15.3. The number of amides is 1. The summed E-state index contributed by atoms with van der Waals surface area (Å²) in [5.74, 6) is -2.38. The van der Waals surface area contributed by atoms with Crippen LogP contribution in [0.5, 0.6) is 5.75 Å². The van der Waals surface area contributed by atoms with Crippen LogP contribution in [0.15, 0.2) is 48.0 Å². The summed E-state index contributed by atoms with van der Waals surface area (Å²) >= 11 is 0. The van der Waals surface area contributed by atoms with Crippen molar-refractivity contribution in [2.24, 2.45) is 0 Å². The number of benzene rings is 2. The van der Waals surface area contributed by atoms with Crippen LogP contribution in [0, 0.1) is 12.7 Å². The Morgan fingerprint density at radius 3 is 2.56 bits per heavy atom. The lowest BCUT2D eigenvalue weighted by Gasteiger charge is -2.26. The molecule has 0 bridgehead atoms. The highest BCUT2D eigenvalue weighted by Gasteiger charge is 2.46. The van der Waals surface area contributed by atoms with Crippen molar-refractivity contribution in [3.63, 3.8) is 0 Å². The van der Waals surface area contributed by atoms with Crippen LogP contribution in [0.2, 0.25) is 0 Å².